The SMILES string of the molecule is CCc1nc2ccccc2n1CC(=O)N1CCN(c2ccccc2)CC1. The average molecular weight is 348 g/mol. The number of benzene rings is 2. The van der Waals surface area contributed by atoms with Crippen LogP contribution >= 0.6 is 0 Å². The van der Waals surface area contributed by atoms with E-state index in [0.29, 0.717) is 6.54 Å². The van der Waals surface area contributed by atoms with Gasteiger partial charge in [0.05, 0.1) is 11.0 Å². The number of nitrogens with zero attached hydrogens (tertiary/aromatic N) is 4. The van der Waals surface area contributed by atoms with Crippen molar-refractivity contribution in [2.75, 3.05) is 31.1 Å². The van der Waals surface area contributed by atoms with Crippen molar-refractivity contribution in [3.05, 3.63) is 60.4 Å². The first kappa shape index (κ1) is 16.6. The van der Waals surface area contributed by atoms with Crippen molar-refractivity contribution >= 4 is 22.6 Å². The van der Waals surface area contributed by atoms with E-state index in [2.05, 4.69) is 45.6 Å². The van der Waals surface area contributed by atoms with E-state index in [-0.39, 0.29) is 5.91 Å². The lowest BCUT2D eigenvalue weighted by atomic mass is 10.2. The fourth-order valence-electron chi connectivity index (χ4n) is 3.66. The number of carbonyl (C=O) groups excluding carboxylic acids is 1. The Labute approximate surface area is 153 Å². The molecule has 26 heavy (non-hydrogen) atoms. The van der Waals surface area contributed by atoms with Gasteiger partial charge < -0.3 is 14.4 Å². The van der Waals surface area contributed by atoms with Gasteiger partial charge >= 0.3 is 0 Å². The molecule has 1 aliphatic heterocycles. The lowest BCUT2D eigenvalue weighted by Gasteiger charge is -2.36. The lowest BCUT2D eigenvalue weighted by Crippen LogP contribution is -2.49. The second-order valence-electron chi connectivity index (χ2n) is 6.66. The number of para-hydroxylation sites is 3. The van der Waals surface area contributed by atoms with E-state index < -0.39 is 0 Å². The van der Waals surface area contributed by atoms with Crippen LogP contribution in [0.15, 0.2) is 54.6 Å². The molecule has 2 aromatic carbocycles. The van der Waals surface area contributed by atoms with Crippen molar-refractivity contribution in [3.63, 3.8) is 0 Å². The summed E-state index contributed by atoms with van der Waals surface area (Å²) >= 11 is 0. The van der Waals surface area contributed by atoms with Gasteiger partial charge in [0.15, 0.2) is 0 Å². The normalized spacial score (nSPS) is 14.8. The van der Waals surface area contributed by atoms with Crippen LogP contribution in [0.2, 0.25) is 0 Å². The maximum Gasteiger partial charge on any atom is 0.242 e. The van der Waals surface area contributed by atoms with Crippen LogP contribution in [0.5, 0.6) is 0 Å². The molecule has 2 heterocycles. The van der Waals surface area contributed by atoms with Crippen molar-refractivity contribution < 1.29 is 4.79 Å². The molecule has 0 radical (unpaired) electrons. The van der Waals surface area contributed by atoms with Crippen LogP contribution in [-0.4, -0.2) is 46.5 Å². The van der Waals surface area contributed by atoms with Crippen molar-refractivity contribution in [2.24, 2.45) is 0 Å². The smallest absolute Gasteiger partial charge is 0.242 e. The monoisotopic (exact) mass is 348 g/mol. The second-order valence-corrected chi connectivity index (χ2v) is 6.66. The summed E-state index contributed by atoms with van der Waals surface area (Å²) in [5, 5.41) is 0. The number of rotatable bonds is 4. The summed E-state index contributed by atoms with van der Waals surface area (Å²) in [5.74, 6) is 1.15. The number of fused-ring (bicyclic) bond motifs is 1. The molecule has 1 aliphatic rings. The molecule has 0 aliphatic carbocycles. The minimum absolute atomic E-state index is 0.176. The first-order valence-corrected chi connectivity index (χ1v) is 9.28. The summed E-state index contributed by atoms with van der Waals surface area (Å²) in [4.78, 5) is 21.9. The van der Waals surface area contributed by atoms with Gasteiger partial charge in [-0.05, 0) is 24.3 Å². The van der Waals surface area contributed by atoms with E-state index in [0.717, 1.165) is 49.5 Å². The number of aryl methyl sites for hydroxylation is 1. The quantitative estimate of drug-likeness (QED) is 0.728. The molecular weight excluding hydrogens is 324 g/mol. The molecule has 0 bridgehead atoms. The molecule has 4 rings (SSSR count). The molecule has 0 N–H and O–H groups in total. The molecule has 0 saturated carbocycles. The molecule has 5 nitrogen and oxygen atoms in total. The fourth-order valence-corrected chi connectivity index (χ4v) is 3.66. The first-order chi connectivity index (χ1) is 12.8. The third-order valence-electron chi connectivity index (χ3n) is 5.10. The van der Waals surface area contributed by atoms with Crippen LogP contribution in [0, 0.1) is 0 Å². The molecule has 3 aromatic rings. The van der Waals surface area contributed by atoms with Crippen molar-refractivity contribution in [1.29, 1.82) is 0 Å². The summed E-state index contributed by atoms with van der Waals surface area (Å²) in [6.45, 7) is 5.74. The Hall–Kier alpha value is -2.82. The van der Waals surface area contributed by atoms with Gasteiger partial charge in [0.1, 0.15) is 12.4 Å². The Bertz CT molecular complexity index is 895. The number of hydrogen-bond donors (Lipinski definition) is 0. The minimum Gasteiger partial charge on any atom is -0.368 e. The van der Waals surface area contributed by atoms with Gasteiger partial charge in [0.2, 0.25) is 5.91 Å². The Morgan fingerprint density at radius 1 is 0.962 bits per heavy atom. The van der Waals surface area contributed by atoms with Crippen molar-refractivity contribution in [2.45, 2.75) is 19.9 Å². The number of anilines is 1. The van der Waals surface area contributed by atoms with Crippen LogP contribution in [-0.2, 0) is 17.8 Å². The molecule has 1 saturated heterocycles. The highest BCUT2D eigenvalue weighted by molar-refractivity contribution is 5.81. The van der Waals surface area contributed by atoms with Crippen LogP contribution in [0.25, 0.3) is 11.0 Å². The molecule has 0 atom stereocenters. The largest absolute Gasteiger partial charge is 0.368 e. The van der Waals surface area contributed by atoms with E-state index >= 15 is 0 Å². The van der Waals surface area contributed by atoms with E-state index in [1.807, 2.05) is 35.2 Å². The highest BCUT2D eigenvalue weighted by Crippen LogP contribution is 2.18. The van der Waals surface area contributed by atoms with E-state index in [1.165, 1.54) is 5.69 Å². The van der Waals surface area contributed by atoms with Crippen molar-refractivity contribution in [1.82, 2.24) is 14.5 Å². The average Bonchev–Trinajstić information content (AvgIpc) is 3.06. The summed E-state index contributed by atoms with van der Waals surface area (Å²) in [6.07, 6.45) is 0.823. The highest BCUT2D eigenvalue weighted by Gasteiger charge is 2.22. The third kappa shape index (κ3) is 3.17. The Balaban J connectivity index is 1.45. The highest BCUT2D eigenvalue weighted by atomic mass is 16.2. The summed E-state index contributed by atoms with van der Waals surface area (Å²) in [7, 11) is 0. The number of carbonyl (C=O) groups is 1. The van der Waals surface area contributed by atoms with Gasteiger partial charge in [0.25, 0.3) is 0 Å². The van der Waals surface area contributed by atoms with Gasteiger partial charge in [-0.3, -0.25) is 4.79 Å². The molecular formula is C21H24N4O. The minimum atomic E-state index is 0.176. The molecule has 1 amide bonds. The van der Waals surface area contributed by atoms with Crippen LogP contribution in [0.3, 0.4) is 0 Å². The van der Waals surface area contributed by atoms with Gasteiger partial charge in [-0.25, -0.2) is 4.98 Å². The first-order valence-electron chi connectivity index (χ1n) is 9.28. The number of amides is 1. The van der Waals surface area contributed by atoms with Gasteiger partial charge in [-0.1, -0.05) is 37.3 Å². The maximum absolute atomic E-state index is 12.9. The fraction of sp³-hybridized carbons (Fsp3) is 0.333. The Morgan fingerprint density at radius 2 is 1.65 bits per heavy atom. The van der Waals surface area contributed by atoms with E-state index in [9.17, 15) is 4.79 Å². The van der Waals surface area contributed by atoms with E-state index in [4.69, 9.17) is 0 Å². The molecule has 134 valence electrons. The zero-order valence-electron chi connectivity index (χ0n) is 15.1. The summed E-state index contributed by atoms with van der Waals surface area (Å²) < 4.78 is 2.07. The molecule has 0 spiro atoms. The molecule has 1 fully saturated rings. The Kier molecular flexibility index (Phi) is 4.61. The van der Waals surface area contributed by atoms with Gasteiger partial charge in [0, 0.05) is 38.3 Å². The number of aromatic nitrogens is 2. The maximum atomic E-state index is 12.9. The Morgan fingerprint density at radius 3 is 2.38 bits per heavy atom. The van der Waals surface area contributed by atoms with Crippen molar-refractivity contribution in [3.8, 4) is 0 Å². The third-order valence-corrected chi connectivity index (χ3v) is 5.10. The number of imidazole rings is 1. The predicted molar refractivity (Wildman–Crippen MR) is 104 cm³/mol. The number of hydrogen-bond acceptors (Lipinski definition) is 3. The zero-order valence-corrected chi connectivity index (χ0v) is 15.1. The zero-order chi connectivity index (χ0) is 17.9. The van der Waals surface area contributed by atoms with Crippen LogP contribution < -0.4 is 4.90 Å². The molecule has 0 unspecified atom stereocenters. The van der Waals surface area contributed by atoms with Crippen LogP contribution in [0.1, 0.15) is 12.7 Å². The standard InChI is InChI=1S/C21H24N4O/c1-2-20-22-18-10-6-7-11-19(18)25(20)16-21(26)24-14-12-23(13-15-24)17-8-4-3-5-9-17/h3-11H,2,12-16H2,1H3. The van der Waals surface area contributed by atoms with E-state index in [1.54, 1.807) is 0 Å². The summed E-state index contributed by atoms with van der Waals surface area (Å²) in [6, 6.07) is 18.4. The van der Waals surface area contributed by atoms with Crippen LogP contribution in [0.4, 0.5) is 5.69 Å². The predicted octanol–water partition coefficient (Wildman–Crippen LogP) is 2.95. The molecule has 1 aromatic heterocycles. The van der Waals surface area contributed by atoms with Gasteiger partial charge in [-0.15, -0.1) is 0 Å². The summed E-state index contributed by atoms with van der Waals surface area (Å²) in [5.41, 5.74) is 3.24. The second kappa shape index (κ2) is 7.20. The molecule has 5 heteroatoms. The number of piperazine rings is 1. The lowest BCUT2D eigenvalue weighted by molar-refractivity contribution is -0.132. The van der Waals surface area contributed by atoms with Gasteiger partial charge in [-0.2, -0.15) is 0 Å². The topological polar surface area (TPSA) is 41.4 Å².